The molecule has 0 spiro atoms. The Labute approximate surface area is 226 Å². The van der Waals surface area contributed by atoms with E-state index in [1.807, 2.05) is 6.92 Å². The number of hydrogen-bond acceptors (Lipinski definition) is 10. The third-order valence-electron chi connectivity index (χ3n) is 5.89. The van der Waals surface area contributed by atoms with Gasteiger partial charge in [0.25, 0.3) is 11.8 Å². The molecule has 1 aliphatic heterocycles. The van der Waals surface area contributed by atoms with Gasteiger partial charge in [-0.05, 0) is 26.0 Å². The molecule has 0 bridgehead atoms. The third kappa shape index (κ3) is 4.87. The van der Waals surface area contributed by atoms with Gasteiger partial charge in [-0.15, -0.1) is 0 Å². The molecule has 4 aromatic rings. The van der Waals surface area contributed by atoms with Crippen LogP contribution in [0.2, 0.25) is 5.15 Å². The summed E-state index contributed by atoms with van der Waals surface area (Å²) in [7, 11) is 2.99. The molecule has 11 nitrogen and oxygen atoms in total. The number of halogens is 1. The second-order valence-electron chi connectivity index (χ2n) is 8.42. The number of aryl methyl sites for hydroxylation is 2. The predicted molar refractivity (Wildman–Crippen MR) is 141 cm³/mol. The molecular weight excluding hydrogens is 530 g/mol. The van der Waals surface area contributed by atoms with Crippen LogP contribution in [-0.2, 0) is 13.1 Å². The van der Waals surface area contributed by atoms with Gasteiger partial charge in [-0.3, -0.25) is 19.9 Å². The van der Waals surface area contributed by atoms with Crippen molar-refractivity contribution in [3.05, 3.63) is 69.2 Å². The normalized spacial score (nSPS) is 12.3. The molecule has 4 aromatic heterocycles. The van der Waals surface area contributed by atoms with Gasteiger partial charge in [0.1, 0.15) is 16.7 Å². The summed E-state index contributed by atoms with van der Waals surface area (Å²) in [5.41, 5.74) is 3.19. The molecule has 13 heteroatoms. The monoisotopic (exact) mass is 551 g/mol. The van der Waals surface area contributed by atoms with Crippen LogP contribution in [0.4, 0.5) is 5.13 Å². The third-order valence-corrected chi connectivity index (χ3v) is 7.09. The molecule has 0 saturated heterocycles. The summed E-state index contributed by atoms with van der Waals surface area (Å²) in [4.78, 5) is 50.2. The Morgan fingerprint density at radius 3 is 2.47 bits per heavy atom. The van der Waals surface area contributed by atoms with Crippen LogP contribution in [0, 0.1) is 13.8 Å². The molecule has 0 aromatic carbocycles. The van der Waals surface area contributed by atoms with Crippen molar-refractivity contribution in [2.24, 2.45) is 0 Å². The number of anilines is 1. The van der Waals surface area contributed by atoms with E-state index in [9.17, 15) is 9.59 Å². The number of nitrogens with zero attached hydrogens (tertiary/aromatic N) is 6. The van der Waals surface area contributed by atoms with Crippen molar-refractivity contribution in [2.45, 2.75) is 26.9 Å². The molecule has 0 unspecified atom stereocenters. The van der Waals surface area contributed by atoms with Crippen LogP contribution >= 0.6 is 22.9 Å². The molecule has 5 rings (SSSR count). The van der Waals surface area contributed by atoms with Crippen molar-refractivity contribution in [1.29, 1.82) is 0 Å². The minimum Gasteiger partial charge on any atom is -0.494 e. The number of pyridine rings is 2. The molecule has 1 aliphatic rings. The number of hydrogen-bond donors (Lipinski definition) is 1. The average molecular weight is 552 g/mol. The molecular formula is C25H22ClN7O4S. The summed E-state index contributed by atoms with van der Waals surface area (Å²) in [6.07, 6.45) is 4.50. The second kappa shape index (κ2) is 10.3. The van der Waals surface area contributed by atoms with Gasteiger partial charge in [0, 0.05) is 23.0 Å². The summed E-state index contributed by atoms with van der Waals surface area (Å²) in [6, 6.07) is 3.43. The standard InChI is InChI=1S/C25H22ClN7O4S/c1-12-5-14(15-6-21(26)29-8-18(15)36-3)16(7-27-12)23(34)32-25-31-17-10-33(11-20(17)38-25)24(35)22-19(37-4)9-28-13(2)30-22/h5-9H,10-11H2,1-4H3,(H,31,32,34). The molecule has 38 heavy (non-hydrogen) atoms. The number of nitrogens with one attached hydrogen (secondary N) is 1. The van der Waals surface area contributed by atoms with Crippen molar-refractivity contribution in [3.8, 4) is 22.6 Å². The summed E-state index contributed by atoms with van der Waals surface area (Å²) < 4.78 is 10.7. The fourth-order valence-corrected chi connectivity index (χ4v) is 5.21. The van der Waals surface area contributed by atoms with Crippen LogP contribution in [0.25, 0.3) is 11.1 Å². The van der Waals surface area contributed by atoms with Gasteiger partial charge >= 0.3 is 0 Å². The van der Waals surface area contributed by atoms with E-state index in [-0.39, 0.29) is 29.2 Å². The SMILES string of the molecule is COc1cnc(Cl)cc1-c1cc(C)ncc1C(=O)Nc1nc2c(s1)CN(C(=O)c1nc(C)ncc1OC)C2. The van der Waals surface area contributed by atoms with Crippen molar-refractivity contribution < 1.29 is 19.1 Å². The zero-order valence-corrected chi connectivity index (χ0v) is 22.5. The molecule has 5 heterocycles. The topological polar surface area (TPSA) is 132 Å². The van der Waals surface area contributed by atoms with Gasteiger partial charge in [0.15, 0.2) is 16.6 Å². The highest BCUT2D eigenvalue weighted by molar-refractivity contribution is 7.16. The van der Waals surface area contributed by atoms with Crippen LogP contribution in [0.5, 0.6) is 11.5 Å². The Hall–Kier alpha value is -4.16. The van der Waals surface area contributed by atoms with Crippen molar-refractivity contribution in [1.82, 2.24) is 29.8 Å². The molecule has 0 radical (unpaired) electrons. The van der Waals surface area contributed by atoms with E-state index in [1.54, 1.807) is 24.0 Å². The number of carbonyl (C=O) groups is 2. The smallest absolute Gasteiger partial charge is 0.277 e. The highest BCUT2D eigenvalue weighted by Crippen LogP contribution is 2.36. The summed E-state index contributed by atoms with van der Waals surface area (Å²) in [5.74, 6) is 0.601. The van der Waals surface area contributed by atoms with Crippen LogP contribution < -0.4 is 14.8 Å². The first-order chi connectivity index (χ1) is 18.3. The minimum atomic E-state index is -0.385. The van der Waals surface area contributed by atoms with Gasteiger partial charge < -0.3 is 14.4 Å². The Morgan fingerprint density at radius 2 is 1.74 bits per heavy atom. The maximum absolute atomic E-state index is 13.3. The number of methoxy groups -OCH3 is 2. The highest BCUT2D eigenvalue weighted by atomic mass is 35.5. The van der Waals surface area contributed by atoms with E-state index in [0.717, 1.165) is 10.6 Å². The van der Waals surface area contributed by atoms with Gasteiger partial charge in [0.2, 0.25) is 0 Å². The van der Waals surface area contributed by atoms with Gasteiger partial charge in [0.05, 0.1) is 55.8 Å². The molecule has 0 aliphatic carbocycles. The van der Waals surface area contributed by atoms with Crippen molar-refractivity contribution >= 4 is 39.9 Å². The fourth-order valence-electron chi connectivity index (χ4n) is 4.07. The average Bonchev–Trinajstić information content (AvgIpc) is 3.47. The molecule has 0 atom stereocenters. The first kappa shape index (κ1) is 25.5. The second-order valence-corrected chi connectivity index (χ2v) is 9.89. The highest BCUT2D eigenvalue weighted by Gasteiger charge is 2.31. The van der Waals surface area contributed by atoms with E-state index < -0.39 is 0 Å². The van der Waals surface area contributed by atoms with Crippen LogP contribution in [-0.4, -0.2) is 55.9 Å². The largest absolute Gasteiger partial charge is 0.494 e. The lowest BCUT2D eigenvalue weighted by Crippen LogP contribution is -2.27. The van der Waals surface area contributed by atoms with E-state index in [4.69, 9.17) is 21.1 Å². The number of fused-ring (bicyclic) bond motifs is 1. The number of thiazole rings is 1. The number of amides is 2. The predicted octanol–water partition coefficient (Wildman–Crippen LogP) is 4.09. The fraction of sp³-hybridized carbons (Fsp3) is 0.240. The molecule has 194 valence electrons. The summed E-state index contributed by atoms with van der Waals surface area (Å²) in [6.45, 7) is 4.17. The Bertz CT molecular complexity index is 1550. The first-order valence-electron chi connectivity index (χ1n) is 11.4. The summed E-state index contributed by atoms with van der Waals surface area (Å²) in [5, 5.41) is 3.56. The lowest BCUT2D eigenvalue weighted by Gasteiger charge is -2.16. The van der Waals surface area contributed by atoms with Gasteiger partial charge in [-0.1, -0.05) is 22.9 Å². The van der Waals surface area contributed by atoms with Crippen LogP contribution in [0.1, 0.15) is 42.9 Å². The van der Waals surface area contributed by atoms with Crippen LogP contribution in [0.3, 0.4) is 0 Å². The van der Waals surface area contributed by atoms with E-state index >= 15 is 0 Å². The first-order valence-corrected chi connectivity index (χ1v) is 12.6. The van der Waals surface area contributed by atoms with Crippen molar-refractivity contribution in [3.63, 3.8) is 0 Å². The molecule has 2 amide bonds. The maximum Gasteiger partial charge on any atom is 0.277 e. The molecule has 1 N–H and O–H groups in total. The summed E-state index contributed by atoms with van der Waals surface area (Å²) >= 11 is 7.44. The lowest BCUT2D eigenvalue weighted by molar-refractivity contribution is 0.0740. The number of carbonyl (C=O) groups excluding carboxylic acids is 2. The van der Waals surface area contributed by atoms with Crippen LogP contribution in [0.15, 0.2) is 30.7 Å². The minimum absolute atomic E-state index is 0.203. The quantitative estimate of drug-likeness (QED) is 0.352. The number of ether oxygens (including phenoxy) is 2. The maximum atomic E-state index is 13.3. The van der Waals surface area contributed by atoms with E-state index in [2.05, 4.69) is 30.2 Å². The molecule has 0 saturated carbocycles. The molecule has 0 fully saturated rings. The number of aromatic nitrogens is 5. The zero-order chi connectivity index (χ0) is 27.0. The number of rotatable bonds is 6. The lowest BCUT2D eigenvalue weighted by atomic mass is 10.0. The van der Waals surface area contributed by atoms with E-state index in [0.29, 0.717) is 51.4 Å². The van der Waals surface area contributed by atoms with E-state index in [1.165, 1.54) is 44.1 Å². The Balaban J connectivity index is 1.36. The Kier molecular flexibility index (Phi) is 6.91. The Morgan fingerprint density at radius 1 is 0.974 bits per heavy atom. The van der Waals surface area contributed by atoms with Gasteiger partial charge in [-0.2, -0.15) is 0 Å². The van der Waals surface area contributed by atoms with Gasteiger partial charge in [-0.25, -0.2) is 19.9 Å². The zero-order valence-electron chi connectivity index (χ0n) is 20.9. The van der Waals surface area contributed by atoms with Crippen molar-refractivity contribution in [2.75, 3.05) is 19.5 Å².